The fraction of sp³-hybridized carbons (Fsp3) is 0.158. The standard InChI is InChI=1S/C19H18O2/c1-14-11-18(13-21-14)19(20)17-9-7-16(8-10-17)12-15-5-3-2-4-6-15/h2-11,13,19-20H,12H2,1H3. The van der Waals surface area contributed by atoms with E-state index in [1.54, 1.807) is 6.26 Å². The van der Waals surface area contributed by atoms with Gasteiger partial charge in [0.1, 0.15) is 11.9 Å². The molecule has 2 aromatic carbocycles. The second-order valence-electron chi connectivity index (χ2n) is 5.30. The van der Waals surface area contributed by atoms with Crippen LogP contribution < -0.4 is 0 Å². The number of hydrogen-bond acceptors (Lipinski definition) is 2. The molecule has 3 rings (SSSR count). The van der Waals surface area contributed by atoms with Crippen LogP contribution in [0.4, 0.5) is 0 Å². The van der Waals surface area contributed by atoms with Crippen molar-refractivity contribution >= 4 is 0 Å². The van der Waals surface area contributed by atoms with E-state index in [1.807, 2.05) is 31.2 Å². The highest BCUT2D eigenvalue weighted by Gasteiger charge is 2.12. The number of benzene rings is 2. The summed E-state index contributed by atoms with van der Waals surface area (Å²) in [5.74, 6) is 0.810. The van der Waals surface area contributed by atoms with Gasteiger partial charge in [-0.15, -0.1) is 0 Å². The summed E-state index contributed by atoms with van der Waals surface area (Å²) in [6.45, 7) is 1.87. The average Bonchev–Trinajstić information content (AvgIpc) is 2.95. The molecule has 0 saturated heterocycles. The highest BCUT2D eigenvalue weighted by atomic mass is 16.3. The van der Waals surface area contributed by atoms with Crippen molar-refractivity contribution in [1.82, 2.24) is 0 Å². The molecule has 0 aliphatic heterocycles. The molecule has 1 heterocycles. The SMILES string of the molecule is Cc1cc(C(O)c2ccc(Cc3ccccc3)cc2)co1. The van der Waals surface area contributed by atoms with Crippen LogP contribution in [-0.4, -0.2) is 5.11 Å². The Morgan fingerprint density at radius 2 is 1.57 bits per heavy atom. The van der Waals surface area contributed by atoms with Crippen LogP contribution in [0.25, 0.3) is 0 Å². The fourth-order valence-electron chi connectivity index (χ4n) is 2.45. The molecule has 1 unspecified atom stereocenters. The summed E-state index contributed by atoms with van der Waals surface area (Å²) in [7, 11) is 0. The first-order valence-corrected chi connectivity index (χ1v) is 7.08. The van der Waals surface area contributed by atoms with Crippen LogP contribution in [0, 0.1) is 6.92 Å². The van der Waals surface area contributed by atoms with Gasteiger partial charge < -0.3 is 9.52 Å². The molecule has 0 amide bonds. The molecular formula is C19H18O2. The summed E-state index contributed by atoms with van der Waals surface area (Å²) in [5, 5.41) is 10.3. The van der Waals surface area contributed by atoms with Crippen molar-refractivity contribution in [2.75, 3.05) is 0 Å². The van der Waals surface area contributed by atoms with Crippen molar-refractivity contribution in [2.45, 2.75) is 19.4 Å². The molecular weight excluding hydrogens is 260 g/mol. The lowest BCUT2D eigenvalue weighted by Crippen LogP contribution is -1.98. The summed E-state index contributed by atoms with van der Waals surface area (Å²) in [6.07, 6.45) is 1.88. The molecule has 0 bridgehead atoms. The van der Waals surface area contributed by atoms with E-state index in [4.69, 9.17) is 4.42 Å². The fourth-order valence-corrected chi connectivity index (χ4v) is 2.45. The van der Waals surface area contributed by atoms with Gasteiger partial charge >= 0.3 is 0 Å². The first-order valence-electron chi connectivity index (χ1n) is 7.08. The number of aryl methyl sites for hydroxylation is 1. The molecule has 2 nitrogen and oxygen atoms in total. The van der Waals surface area contributed by atoms with E-state index < -0.39 is 6.10 Å². The summed E-state index contributed by atoms with van der Waals surface area (Å²) in [4.78, 5) is 0. The third kappa shape index (κ3) is 3.23. The quantitative estimate of drug-likeness (QED) is 0.773. The third-order valence-corrected chi connectivity index (χ3v) is 3.61. The molecule has 3 aromatic rings. The van der Waals surface area contributed by atoms with Gasteiger partial charge in [-0.3, -0.25) is 0 Å². The minimum atomic E-state index is -0.631. The smallest absolute Gasteiger partial charge is 0.107 e. The Bertz CT molecular complexity index is 696. The first kappa shape index (κ1) is 13.7. The maximum atomic E-state index is 10.3. The summed E-state index contributed by atoms with van der Waals surface area (Å²) >= 11 is 0. The van der Waals surface area contributed by atoms with Gasteiger partial charge in [0, 0.05) is 5.56 Å². The van der Waals surface area contributed by atoms with Gasteiger partial charge in [-0.25, -0.2) is 0 Å². The van der Waals surface area contributed by atoms with Crippen LogP contribution in [0.2, 0.25) is 0 Å². The zero-order valence-electron chi connectivity index (χ0n) is 12.0. The highest BCUT2D eigenvalue weighted by Crippen LogP contribution is 2.24. The van der Waals surface area contributed by atoms with Gasteiger partial charge in [0.05, 0.1) is 6.26 Å². The molecule has 1 N–H and O–H groups in total. The van der Waals surface area contributed by atoms with Crippen LogP contribution in [-0.2, 0) is 6.42 Å². The Morgan fingerprint density at radius 3 is 2.19 bits per heavy atom. The topological polar surface area (TPSA) is 33.4 Å². The second-order valence-corrected chi connectivity index (χ2v) is 5.30. The maximum Gasteiger partial charge on any atom is 0.107 e. The second kappa shape index (κ2) is 5.98. The van der Waals surface area contributed by atoms with Crippen molar-refractivity contribution in [2.24, 2.45) is 0 Å². The Labute approximate surface area is 124 Å². The van der Waals surface area contributed by atoms with Crippen molar-refractivity contribution < 1.29 is 9.52 Å². The number of hydrogen-bond donors (Lipinski definition) is 1. The van der Waals surface area contributed by atoms with Crippen LogP contribution >= 0.6 is 0 Å². The van der Waals surface area contributed by atoms with E-state index in [0.717, 1.165) is 23.3 Å². The number of furan rings is 1. The third-order valence-electron chi connectivity index (χ3n) is 3.61. The maximum absolute atomic E-state index is 10.3. The highest BCUT2D eigenvalue weighted by molar-refractivity contribution is 5.33. The van der Waals surface area contributed by atoms with E-state index in [9.17, 15) is 5.11 Å². The Kier molecular flexibility index (Phi) is 3.89. The molecule has 21 heavy (non-hydrogen) atoms. The van der Waals surface area contributed by atoms with Gasteiger partial charge in [-0.05, 0) is 36.1 Å². The lowest BCUT2D eigenvalue weighted by Gasteiger charge is -2.10. The summed E-state index contributed by atoms with van der Waals surface area (Å²) in [6, 6.07) is 20.3. The van der Waals surface area contributed by atoms with E-state index in [-0.39, 0.29) is 0 Å². The van der Waals surface area contributed by atoms with Gasteiger partial charge in [0.2, 0.25) is 0 Å². The van der Waals surface area contributed by atoms with E-state index in [0.29, 0.717) is 0 Å². The van der Waals surface area contributed by atoms with Gasteiger partial charge in [0.15, 0.2) is 0 Å². The number of aliphatic hydroxyl groups is 1. The molecule has 0 radical (unpaired) electrons. The molecule has 1 atom stereocenters. The molecule has 2 heteroatoms. The molecule has 0 aliphatic carbocycles. The lowest BCUT2D eigenvalue weighted by atomic mass is 9.99. The normalized spacial score (nSPS) is 12.3. The van der Waals surface area contributed by atoms with Crippen molar-refractivity contribution in [3.05, 3.63) is 94.9 Å². The molecule has 1 aromatic heterocycles. The number of aliphatic hydroxyl groups excluding tert-OH is 1. The lowest BCUT2D eigenvalue weighted by molar-refractivity contribution is 0.219. The molecule has 0 fully saturated rings. The largest absolute Gasteiger partial charge is 0.469 e. The van der Waals surface area contributed by atoms with Crippen LogP contribution in [0.5, 0.6) is 0 Å². The predicted octanol–water partition coefficient (Wildman–Crippen LogP) is 4.26. The first-order chi connectivity index (χ1) is 10.2. The summed E-state index contributed by atoms with van der Waals surface area (Å²) in [5.41, 5.74) is 4.20. The molecule has 0 spiro atoms. The van der Waals surface area contributed by atoms with Crippen LogP contribution in [0.3, 0.4) is 0 Å². The Morgan fingerprint density at radius 1 is 0.905 bits per heavy atom. The average molecular weight is 278 g/mol. The number of rotatable bonds is 4. The van der Waals surface area contributed by atoms with E-state index >= 15 is 0 Å². The van der Waals surface area contributed by atoms with Crippen molar-refractivity contribution in [3.63, 3.8) is 0 Å². The van der Waals surface area contributed by atoms with Crippen molar-refractivity contribution in [1.29, 1.82) is 0 Å². The van der Waals surface area contributed by atoms with Crippen LogP contribution in [0.1, 0.15) is 34.1 Å². The monoisotopic (exact) mass is 278 g/mol. The zero-order chi connectivity index (χ0) is 14.7. The van der Waals surface area contributed by atoms with Gasteiger partial charge in [0.25, 0.3) is 0 Å². The zero-order valence-corrected chi connectivity index (χ0v) is 12.0. The van der Waals surface area contributed by atoms with Crippen molar-refractivity contribution in [3.8, 4) is 0 Å². The van der Waals surface area contributed by atoms with Crippen LogP contribution in [0.15, 0.2) is 71.3 Å². The van der Waals surface area contributed by atoms with Gasteiger partial charge in [-0.1, -0.05) is 54.6 Å². The molecule has 0 aliphatic rings. The predicted molar refractivity (Wildman–Crippen MR) is 83.2 cm³/mol. The molecule has 0 saturated carbocycles. The summed E-state index contributed by atoms with van der Waals surface area (Å²) < 4.78 is 5.25. The van der Waals surface area contributed by atoms with E-state index in [1.165, 1.54) is 11.1 Å². The minimum Gasteiger partial charge on any atom is -0.469 e. The molecule has 106 valence electrons. The van der Waals surface area contributed by atoms with Gasteiger partial charge in [-0.2, -0.15) is 0 Å². The Hall–Kier alpha value is -2.32. The Balaban J connectivity index is 1.75. The minimum absolute atomic E-state index is 0.631. The van der Waals surface area contributed by atoms with E-state index in [2.05, 4.69) is 36.4 Å².